The molecule has 0 bridgehead atoms. The maximum Gasteiger partial charge on any atom is 0.0561 e. The molecule has 234 valence electrons. The van der Waals surface area contributed by atoms with Crippen LogP contribution in [-0.4, -0.2) is 4.57 Å². The van der Waals surface area contributed by atoms with Crippen LogP contribution in [0.3, 0.4) is 0 Å². The minimum absolute atomic E-state index is 1.13. The first kappa shape index (κ1) is 28.0. The molecular formula is C46H28N2S2. The fourth-order valence-corrected chi connectivity index (χ4v) is 10.2. The number of nitrogens with zero attached hydrogens (tertiary/aromatic N) is 2. The molecule has 0 atom stereocenters. The van der Waals surface area contributed by atoms with Crippen LogP contribution in [0.4, 0.5) is 17.1 Å². The second-order valence-electron chi connectivity index (χ2n) is 12.9. The van der Waals surface area contributed by atoms with Gasteiger partial charge in [-0.15, -0.1) is 22.7 Å². The van der Waals surface area contributed by atoms with Gasteiger partial charge >= 0.3 is 0 Å². The van der Waals surface area contributed by atoms with Crippen molar-refractivity contribution in [1.29, 1.82) is 0 Å². The first-order valence-electron chi connectivity index (χ1n) is 16.9. The van der Waals surface area contributed by atoms with Crippen LogP contribution < -0.4 is 4.90 Å². The Morgan fingerprint density at radius 3 is 1.78 bits per heavy atom. The van der Waals surface area contributed by atoms with Crippen LogP contribution in [0.15, 0.2) is 170 Å². The van der Waals surface area contributed by atoms with Crippen LogP contribution in [0.5, 0.6) is 0 Å². The molecule has 0 aliphatic carbocycles. The SMILES string of the molecule is c1ccc(-n2c3ccccc3c3ccc(N(c4ccc5sc6ccccc6c5c4)c4cc5sc6ccccc6c5c5ccccc45)cc32)cc1. The van der Waals surface area contributed by atoms with Crippen LogP contribution in [0.2, 0.25) is 0 Å². The van der Waals surface area contributed by atoms with Gasteiger partial charge in [0.1, 0.15) is 0 Å². The van der Waals surface area contributed by atoms with E-state index in [9.17, 15) is 0 Å². The Morgan fingerprint density at radius 2 is 0.940 bits per heavy atom. The number of anilines is 3. The summed E-state index contributed by atoms with van der Waals surface area (Å²) in [5.74, 6) is 0. The van der Waals surface area contributed by atoms with E-state index in [4.69, 9.17) is 0 Å². The van der Waals surface area contributed by atoms with Gasteiger partial charge in [-0.05, 0) is 72.1 Å². The molecule has 0 N–H and O–H groups in total. The second kappa shape index (κ2) is 10.8. The summed E-state index contributed by atoms with van der Waals surface area (Å²) in [7, 11) is 0. The molecule has 0 amide bonds. The summed E-state index contributed by atoms with van der Waals surface area (Å²) >= 11 is 3.74. The predicted molar refractivity (Wildman–Crippen MR) is 219 cm³/mol. The van der Waals surface area contributed by atoms with Gasteiger partial charge in [-0.2, -0.15) is 0 Å². The number of hydrogen-bond donors (Lipinski definition) is 0. The average Bonchev–Trinajstić information content (AvgIpc) is 3.84. The molecular weight excluding hydrogens is 645 g/mol. The van der Waals surface area contributed by atoms with Gasteiger partial charge in [0.2, 0.25) is 0 Å². The van der Waals surface area contributed by atoms with E-state index in [-0.39, 0.29) is 0 Å². The highest BCUT2D eigenvalue weighted by atomic mass is 32.1. The zero-order chi connectivity index (χ0) is 32.8. The molecule has 8 aromatic carbocycles. The van der Waals surface area contributed by atoms with Crippen molar-refractivity contribution in [2.24, 2.45) is 0 Å². The molecule has 0 spiro atoms. The predicted octanol–water partition coefficient (Wildman–Crippen LogP) is 14.1. The number of rotatable bonds is 4. The number of benzene rings is 8. The maximum absolute atomic E-state index is 2.49. The first-order chi connectivity index (χ1) is 24.8. The first-order valence-corrected chi connectivity index (χ1v) is 18.6. The van der Waals surface area contributed by atoms with Crippen molar-refractivity contribution >= 4 is 113 Å². The third-order valence-corrected chi connectivity index (χ3v) is 12.4. The minimum Gasteiger partial charge on any atom is -0.310 e. The summed E-state index contributed by atoms with van der Waals surface area (Å²) in [5.41, 5.74) is 7.01. The van der Waals surface area contributed by atoms with Crippen LogP contribution in [0, 0.1) is 0 Å². The molecule has 4 heteroatoms. The second-order valence-corrected chi connectivity index (χ2v) is 15.1. The largest absolute Gasteiger partial charge is 0.310 e. The average molecular weight is 673 g/mol. The molecule has 0 radical (unpaired) electrons. The van der Waals surface area contributed by atoms with Crippen molar-refractivity contribution in [3.63, 3.8) is 0 Å². The zero-order valence-corrected chi connectivity index (χ0v) is 28.5. The van der Waals surface area contributed by atoms with Crippen LogP contribution in [-0.2, 0) is 0 Å². The van der Waals surface area contributed by atoms with E-state index in [1.165, 1.54) is 78.6 Å². The molecule has 11 aromatic rings. The topological polar surface area (TPSA) is 8.17 Å². The minimum atomic E-state index is 1.13. The fourth-order valence-electron chi connectivity index (χ4n) is 7.99. The van der Waals surface area contributed by atoms with Crippen molar-refractivity contribution in [2.45, 2.75) is 0 Å². The van der Waals surface area contributed by atoms with Gasteiger partial charge in [-0.25, -0.2) is 0 Å². The fraction of sp³-hybridized carbons (Fsp3) is 0. The van der Waals surface area contributed by atoms with Gasteiger partial charge in [0.05, 0.1) is 16.7 Å². The molecule has 0 aliphatic heterocycles. The summed E-state index contributed by atoms with van der Waals surface area (Å²) in [6, 6.07) is 62.5. The number of para-hydroxylation sites is 2. The van der Waals surface area contributed by atoms with E-state index in [0.717, 1.165) is 17.1 Å². The van der Waals surface area contributed by atoms with Crippen molar-refractivity contribution < 1.29 is 0 Å². The smallest absolute Gasteiger partial charge is 0.0561 e. The summed E-state index contributed by atoms with van der Waals surface area (Å²) in [4.78, 5) is 2.49. The molecule has 11 rings (SSSR count). The van der Waals surface area contributed by atoms with Crippen LogP contribution >= 0.6 is 22.7 Å². The standard InChI is InChI=1S/C46H28N2S2/c1-2-12-29(13-3-1)48-39-19-9-6-14-32(39)34-24-22-31(27-40(34)48)47(30-23-25-44-38(26-30)35-16-7-10-20-42(35)49-44)41-28-45-46(36-17-5-4-15-33(36)41)37-18-8-11-21-43(37)50-45/h1-28H. The molecule has 0 saturated carbocycles. The Hall–Kier alpha value is -5.94. The lowest BCUT2D eigenvalue weighted by Gasteiger charge is -2.27. The third kappa shape index (κ3) is 4.07. The summed E-state index contributed by atoms with van der Waals surface area (Å²) in [6.07, 6.45) is 0. The number of thiophene rings is 2. The van der Waals surface area contributed by atoms with E-state index in [1.54, 1.807) is 0 Å². The van der Waals surface area contributed by atoms with E-state index < -0.39 is 0 Å². The normalized spacial score (nSPS) is 12.0. The van der Waals surface area contributed by atoms with Gasteiger partial charge in [-0.3, -0.25) is 0 Å². The highest BCUT2D eigenvalue weighted by Gasteiger charge is 2.22. The molecule has 2 nitrogen and oxygen atoms in total. The quantitative estimate of drug-likeness (QED) is 0.181. The summed E-state index contributed by atoms with van der Waals surface area (Å²) in [5, 5.41) is 10.3. The molecule has 0 aliphatic rings. The zero-order valence-electron chi connectivity index (χ0n) is 26.9. The maximum atomic E-state index is 2.49. The Morgan fingerprint density at radius 1 is 0.360 bits per heavy atom. The molecule has 0 unspecified atom stereocenters. The van der Waals surface area contributed by atoms with Crippen molar-refractivity contribution in [1.82, 2.24) is 4.57 Å². The third-order valence-electron chi connectivity index (χ3n) is 10.2. The lowest BCUT2D eigenvalue weighted by Crippen LogP contribution is -2.10. The van der Waals surface area contributed by atoms with Gasteiger partial charge in [0.25, 0.3) is 0 Å². The highest BCUT2D eigenvalue weighted by Crippen LogP contribution is 2.48. The Bertz CT molecular complexity index is 3110. The van der Waals surface area contributed by atoms with Crippen molar-refractivity contribution in [2.75, 3.05) is 4.90 Å². The van der Waals surface area contributed by atoms with Gasteiger partial charge in [0.15, 0.2) is 0 Å². The summed E-state index contributed by atoms with van der Waals surface area (Å²) < 4.78 is 7.65. The number of hydrogen-bond acceptors (Lipinski definition) is 3. The van der Waals surface area contributed by atoms with Gasteiger partial charge < -0.3 is 9.47 Å². The number of fused-ring (bicyclic) bond motifs is 11. The monoisotopic (exact) mass is 672 g/mol. The summed E-state index contributed by atoms with van der Waals surface area (Å²) in [6.45, 7) is 0. The molecule has 0 fully saturated rings. The Labute approximate surface area is 296 Å². The van der Waals surface area contributed by atoms with Crippen LogP contribution in [0.25, 0.3) is 78.6 Å². The number of aromatic nitrogens is 1. The van der Waals surface area contributed by atoms with E-state index in [1.807, 2.05) is 22.7 Å². The Balaban J connectivity index is 1.25. The molecule has 3 heterocycles. The van der Waals surface area contributed by atoms with Gasteiger partial charge in [-0.1, -0.05) is 103 Å². The van der Waals surface area contributed by atoms with Crippen molar-refractivity contribution in [3.05, 3.63) is 170 Å². The van der Waals surface area contributed by atoms with Crippen molar-refractivity contribution in [3.8, 4) is 5.69 Å². The Kier molecular flexibility index (Phi) is 6.03. The van der Waals surface area contributed by atoms with E-state index in [2.05, 4.69) is 179 Å². The molecule has 50 heavy (non-hydrogen) atoms. The molecule has 3 aromatic heterocycles. The molecule has 0 saturated heterocycles. The van der Waals surface area contributed by atoms with E-state index in [0.29, 0.717) is 0 Å². The highest BCUT2D eigenvalue weighted by molar-refractivity contribution is 7.26. The van der Waals surface area contributed by atoms with Gasteiger partial charge in [0, 0.05) is 73.6 Å². The van der Waals surface area contributed by atoms with E-state index >= 15 is 0 Å². The lowest BCUT2D eigenvalue weighted by molar-refractivity contribution is 1.18. The van der Waals surface area contributed by atoms with Crippen LogP contribution in [0.1, 0.15) is 0 Å². The lowest BCUT2D eigenvalue weighted by atomic mass is 10.0.